The second kappa shape index (κ2) is 8.62. The number of aromatic nitrogens is 1. The minimum atomic E-state index is -2.94. The molecule has 25 heavy (non-hydrogen) atoms. The Morgan fingerprint density at radius 2 is 2.28 bits per heavy atom. The van der Waals surface area contributed by atoms with Crippen LogP contribution in [0.1, 0.15) is 26.0 Å². The predicted octanol–water partition coefficient (Wildman–Crippen LogP) is 0.852. The maximum absolute atomic E-state index is 11.4. The van der Waals surface area contributed by atoms with Crippen LogP contribution < -0.4 is 10.1 Å². The Balaban J connectivity index is 1.82. The summed E-state index contributed by atoms with van der Waals surface area (Å²) < 4.78 is 28.8. The summed E-state index contributed by atoms with van der Waals surface area (Å²) in [4.78, 5) is 17.4. The molecule has 1 aliphatic rings. The molecule has 1 saturated heterocycles. The van der Waals surface area contributed by atoms with E-state index in [9.17, 15) is 13.2 Å². The fraction of sp³-hybridized carbons (Fsp3) is 0.647. The van der Waals surface area contributed by atoms with Crippen molar-refractivity contribution in [1.29, 1.82) is 0 Å². The van der Waals surface area contributed by atoms with E-state index in [1.54, 1.807) is 6.20 Å². The van der Waals surface area contributed by atoms with Gasteiger partial charge in [-0.2, -0.15) is 0 Å². The molecule has 2 heterocycles. The highest BCUT2D eigenvalue weighted by Crippen LogP contribution is 2.19. The molecule has 1 N–H and O–H groups in total. The number of hydrogen-bond donors (Lipinski definition) is 1. The van der Waals surface area contributed by atoms with Gasteiger partial charge in [0.25, 0.3) is 0 Å². The first-order valence-corrected chi connectivity index (χ1v) is 10.5. The van der Waals surface area contributed by atoms with Crippen molar-refractivity contribution in [2.75, 3.05) is 31.6 Å². The second-order valence-electron chi connectivity index (χ2n) is 6.88. The molecule has 0 aromatic carbocycles. The molecule has 0 radical (unpaired) electrons. The van der Waals surface area contributed by atoms with Crippen LogP contribution in [-0.2, 0) is 21.2 Å². The molecule has 7 nitrogen and oxygen atoms in total. The first-order chi connectivity index (χ1) is 11.7. The fourth-order valence-corrected chi connectivity index (χ4v) is 4.24. The Kier molecular flexibility index (Phi) is 6.78. The van der Waals surface area contributed by atoms with E-state index < -0.39 is 9.84 Å². The number of carbonyl (C=O) groups is 1. The number of amides is 1. The fourth-order valence-electron chi connectivity index (χ4n) is 3.10. The lowest BCUT2D eigenvalue weighted by Gasteiger charge is -2.20. The van der Waals surface area contributed by atoms with Gasteiger partial charge in [0.1, 0.15) is 21.7 Å². The number of carbonyl (C=O) groups excluding carboxylic acids is 1. The van der Waals surface area contributed by atoms with Crippen molar-refractivity contribution in [2.45, 2.75) is 32.9 Å². The summed E-state index contributed by atoms with van der Waals surface area (Å²) >= 11 is 0. The van der Waals surface area contributed by atoms with Gasteiger partial charge in [0.2, 0.25) is 5.91 Å². The standard InChI is InChI=1S/C17H27N3O4S/c1-13(12-25(3,22)23)10-20-7-5-17(11-20)24-16-4-6-18-15(8-16)9-19-14(2)21/h4,6,8,13,17H,5,7,9-12H2,1-3H3,(H,19,21). The van der Waals surface area contributed by atoms with Crippen LogP contribution in [0.3, 0.4) is 0 Å². The Morgan fingerprint density at radius 1 is 1.52 bits per heavy atom. The smallest absolute Gasteiger partial charge is 0.217 e. The highest BCUT2D eigenvalue weighted by molar-refractivity contribution is 7.90. The molecule has 0 spiro atoms. The summed E-state index contributed by atoms with van der Waals surface area (Å²) in [7, 11) is -2.94. The first kappa shape index (κ1) is 19.7. The zero-order valence-electron chi connectivity index (χ0n) is 15.1. The number of likely N-dealkylation sites (tertiary alicyclic amines) is 1. The molecule has 2 atom stereocenters. The Morgan fingerprint density at radius 3 is 2.96 bits per heavy atom. The van der Waals surface area contributed by atoms with Crippen LogP contribution in [0.4, 0.5) is 0 Å². The van der Waals surface area contributed by atoms with Gasteiger partial charge in [-0.25, -0.2) is 8.42 Å². The average molecular weight is 369 g/mol. The van der Waals surface area contributed by atoms with Gasteiger partial charge in [0.05, 0.1) is 18.0 Å². The van der Waals surface area contributed by atoms with Gasteiger partial charge in [0.15, 0.2) is 0 Å². The minimum absolute atomic E-state index is 0.0847. The van der Waals surface area contributed by atoms with Gasteiger partial charge in [-0.15, -0.1) is 0 Å². The lowest BCUT2D eigenvalue weighted by Crippen LogP contribution is -2.31. The van der Waals surface area contributed by atoms with Crippen molar-refractivity contribution >= 4 is 15.7 Å². The number of rotatable bonds is 8. The van der Waals surface area contributed by atoms with E-state index in [1.165, 1.54) is 13.2 Å². The topological polar surface area (TPSA) is 88.6 Å². The minimum Gasteiger partial charge on any atom is -0.489 e. The van der Waals surface area contributed by atoms with Gasteiger partial charge < -0.3 is 10.1 Å². The Hall–Kier alpha value is -1.67. The number of ether oxygens (including phenoxy) is 1. The van der Waals surface area contributed by atoms with Gasteiger partial charge in [-0.05, 0) is 18.4 Å². The molecule has 1 aromatic heterocycles. The van der Waals surface area contributed by atoms with E-state index >= 15 is 0 Å². The summed E-state index contributed by atoms with van der Waals surface area (Å²) in [5.74, 6) is 0.972. The van der Waals surface area contributed by atoms with Crippen LogP contribution in [-0.4, -0.2) is 62.0 Å². The van der Waals surface area contributed by atoms with E-state index in [0.717, 1.165) is 37.5 Å². The van der Waals surface area contributed by atoms with Crippen LogP contribution >= 0.6 is 0 Å². The maximum atomic E-state index is 11.4. The monoisotopic (exact) mass is 369 g/mol. The second-order valence-corrected chi connectivity index (χ2v) is 9.06. The third kappa shape index (κ3) is 7.39. The normalized spacial score (nSPS) is 19.6. The zero-order chi connectivity index (χ0) is 18.4. The Labute approximate surface area is 149 Å². The van der Waals surface area contributed by atoms with Crippen molar-refractivity contribution in [3.05, 3.63) is 24.0 Å². The first-order valence-electron chi connectivity index (χ1n) is 8.47. The molecule has 2 unspecified atom stereocenters. The molecule has 0 bridgehead atoms. The summed E-state index contributed by atoms with van der Waals surface area (Å²) in [6, 6.07) is 3.65. The molecule has 2 rings (SSSR count). The van der Waals surface area contributed by atoms with Crippen LogP contribution in [0.25, 0.3) is 0 Å². The van der Waals surface area contributed by atoms with E-state index in [2.05, 4.69) is 15.2 Å². The molecule has 1 fully saturated rings. The van der Waals surface area contributed by atoms with Crippen LogP contribution in [0, 0.1) is 5.92 Å². The average Bonchev–Trinajstić information content (AvgIpc) is 2.90. The molecule has 0 aliphatic carbocycles. The third-order valence-electron chi connectivity index (χ3n) is 4.00. The van der Waals surface area contributed by atoms with E-state index in [4.69, 9.17) is 4.74 Å². The van der Waals surface area contributed by atoms with Crippen LogP contribution in [0.15, 0.2) is 18.3 Å². The van der Waals surface area contributed by atoms with Crippen molar-refractivity contribution < 1.29 is 17.9 Å². The molecule has 1 amide bonds. The van der Waals surface area contributed by atoms with Gasteiger partial charge in [0, 0.05) is 45.1 Å². The van der Waals surface area contributed by atoms with Crippen molar-refractivity contribution in [2.24, 2.45) is 5.92 Å². The molecule has 1 aromatic rings. The third-order valence-corrected chi connectivity index (χ3v) is 5.17. The van der Waals surface area contributed by atoms with Gasteiger partial charge >= 0.3 is 0 Å². The number of nitrogens with one attached hydrogen (secondary N) is 1. The van der Waals surface area contributed by atoms with Crippen molar-refractivity contribution in [1.82, 2.24) is 15.2 Å². The molecule has 1 aliphatic heterocycles. The van der Waals surface area contributed by atoms with Gasteiger partial charge in [-0.1, -0.05) is 6.92 Å². The lowest BCUT2D eigenvalue weighted by atomic mass is 10.2. The van der Waals surface area contributed by atoms with E-state index in [-0.39, 0.29) is 23.7 Å². The SMILES string of the molecule is CC(=O)NCc1cc(OC2CCN(CC(C)CS(C)(=O)=O)C2)ccn1. The quantitative estimate of drug-likeness (QED) is 0.731. The summed E-state index contributed by atoms with van der Waals surface area (Å²) in [6.45, 7) is 6.27. The molecular formula is C17H27N3O4S. The lowest BCUT2D eigenvalue weighted by molar-refractivity contribution is -0.119. The summed E-state index contributed by atoms with van der Waals surface area (Å²) in [5.41, 5.74) is 0.754. The molecular weight excluding hydrogens is 342 g/mol. The van der Waals surface area contributed by atoms with Gasteiger partial charge in [-0.3, -0.25) is 14.7 Å². The summed E-state index contributed by atoms with van der Waals surface area (Å²) in [5, 5.41) is 2.72. The summed E-state index contributed by atoms with van der Waals surface area (Å²) in [6.07, 6.45) is 3.95. The predicted molar refractivity (Wildman–Crippen MR) is 96.1 cm³/mol. The highest BCUT2D eigenvalue weighted by atomic mass is 32.2. The zero-order valence-corrected chi connectivity index (χ0v) is 15.9. The maximum Gasteiger partial charge on any atom is 0.217 e. The number of sulfone groups is 1. The molecule has 140 valence electrons. The highest BCUT2D eigenvalue weighted by Gasteiger charge is 2.26. The molecule has 8 heteroatoms. The Bertz CT molecular complexity index is 693. The molecule has 0 saturated carbocycles. The van der Waals surface area contributed by atoms with E-state index in [1.807, 2.05) is 19.1 Å². The van der Waals surface area contributed by atoms with Crippen LogP contribution in [0.2, 0.25) is 0 Å². The number of nitrogens with zero attached hydrogens (tertiary/aromatic N) is 2. The number of pyridine rings is 1. The van der Waals surface area contributed by atoms with E-state index in [0.29, 0.717) is 6.54 Å². The number of hydrogen-bond acceptors (Lipinski definition) is 6. The largest absolute Gasteiger partial charge is 0.489 e. The van der Waals surface area contributed by atoms with Crippen molar-refractivity contribution in [3.8, 4) is 5.75 Å². The van der Waals surface area contributed by atoms with Crippen molar-refractivity contribution in [3.63, 3.8) is 0 Å². The van der Waals surface area contributed by atoms with Crippen LogP contribution in [0.5, 0.6) is 5.75 Å².